The molecule has 0 saturated carbocycles. The maximum atomic E-state index is 12.7. The summed E-state index contributed by atoms with van der Waals surface area (Å²) in [4.78, 5) is 33.8. The first-order chi connectivity index (χ1) is 15.3. The summed E-state index contributed by atoms with van der Waals surface area (Å²) < 4.78 is 38.0. The second-order valence-corrected chi connectivity index (χ2v) is 9.17. The van der Waals surface area contributed by atoms with Gasteiger partial charge in [-0.15, -0.1) is 11.3 Å². The van der Waals surface area contributed by atoms with Gasteiger partial charge in [-0.3, -0.25) is 9.59 Å². The lowest BCUT2D eigenvalue weighted by Gasteiger charge is -2.33. The molecule has 0 bridgehead atoms. The number of hydrogen-bond acceptors (Lipinski definition) is 5. The first kappa shape index (κ1) is 22.6. The van der Waals surface area contributed by atoms with Crippen LogP contribution >= 0.6 is 11.3 Å². The predicted molar refractivity (Wildman–Crippen MR) is 115 cm³/mol. The minimum atomic E-state index is -4.40. The molecule has 2 amide bonds. The fourth-order valence-corrected chi connectivity index (χ4v) is 5.02. The van der Waals surface area contributed by atoms with Crippen LogP contribution in [0, 0.1) is 0 Å². The van der Waals surface area contributed by atoms with E-state index in [1.54, 1.807) is 11.3 Å². The van der Waals surface area contributed by atoms with Crippen LogP contribution in [0.5, 0.6) is 0 Å². The molecular weight excluding hydrogens is 441 g/mol. The average Bonchev–Trinajstić information content (AvgIpc) is 3.25. The average molecular weight is 467 g/mol. The minimum absolute atomic E-state index is 0.000183. The highest BCUT2D eigenvalue weighted by atomic mass is 32.1. The van der Waals surface area contributed by atoms with Crippen molar-refractivity contribution < 1.29 is 22.8 Å². The smallest absolute Gasteiger partial charge is 0.356 e. The molecule has 4 rings (SSSR count). The highest BCUT2D eigenvalue weighted by molar-refractivity contribution is 7.10. The number of hydrogen-bond donors (Lipinski definition) is 1. The zero-order chi connectivity index (χ0) is 22.7. The molecule has 2 aromatic heterocycles. The van der Waals surface area contributed by atoms with Crippen molar-refractivity contribution in [1.29, 1.82) is 0 Å². The van der Waals surface area contributed by atoms with E-state index in [1.165, 1.54) is 16.5 Å². The zero-order valence-corrected chi connectivity index (χ0v) is 18.3. The Morgan fingerprint density at radius 1 is 1.12 bits per heavy atom. The predicted octanol–water partition coefficient (Wildman–Crippen LogP) is 3.61. The van der Waals surface area contributed by atoms with Gasteiger partial charge < -0.3 is 15.1 Å². The van der Waals surface area contributed by atoms with Gasteiger partial charge in [0.1, 0.15) is 5.82 Å². The summed E-state index contributed by atoms with van der Waals surface area (Å²) in [6.07, 6.45) is -0.971. The summed E-state index contributed by atoms with van der Waals surface area (Å²) in [6, 6.07) is 4.46. The van der Waals surface area contributed by atoms with Gasteiger partial charge in [-0.2, -0.15) is 13.2 Å². The number of aromatic nitrogens is 1. The normalized spacial score (nSPS) is 17.2. The van der Waals surface area contributed by atoms with Crippen molar-refractivity contribution in [2.75, 3.05) is 24.5 Å². The summed E-state index contributed by atoms with van der Waals surface area (Å²) in [5.74, 6) is 0.363. The molecule has 0 aliphatic carbocycles. The van der Waals surface area contributed by atoms with Gasteiger partial charge in [0.05, 0.1) is 5.56 Å². The van der Waals surface area contributed by atoms with E-state index in [1.807, 2.05) is 15.2 Å². The Morgan fingerprint density at radius 3 is 2.59 bits per heavy atom. The Hall–Kier alpha value is -2.62. The van der Waals surface area contributed by atoms with Crippen LogP contribution in [0.15, 0.2) is 29.8 Å². The Bertz CT molecular complexity index is 953. The Balaban J connectivity index is 1.18. The van der Waals surface area contributed by atoms with Crippen LogP contribution in [0.3, 0.4) is 0 Å². The fourth-order valence-electron chi connectivity index (χ4n) is 4.13. The van der Waals surface area contributed by atoms with Crippen molar-refractivity contribution in [2.24, 2.45) is 0 Å². The number of thiophene rings is 1. The highest BCUT2D eigenvalue weighted by Crippen LogP contribution is 2.30. The van der Waals surface area contributed by atoms with Crippen LogP contribution in [0.25, 0.3) is 0 Å². The summed E-state index contributed by atoms with van der Waals surface area (Å²) in [7, 11) is 0. The summed E-state index contributed by atoms with van der Waals surface area (Å²) in [5, 5.41) is 5.03. The third-order valence-corrected chi connectivity index (χ3v) is 7.01. The second-order valence-electron chi connectivity index (χ2n) is 8.17. The molecule has 32 heavy (non-hydrogen) atoms. The first-order valence-electron chi connectivity index (χ1n) is 10.7. The number of nitrogens with one attached hydrogen (secondary N) is 1. The fraction of sp³-hybridized carbons (Fsp3) is 0.500. The van der Waals surface area contributed by atoms with Crippen molar-refractivity contribution >= 4 is 29.0 Å². The third-order valence-electron chi connectivity index (χ3n) is 5.99. The molecule has 6 nitrogen and oxygen atoms in total. The van der Waals surface area contributed by atoms with Crippen LogP contribution < -0.4 is 10.2 Å². The van der Waals surface area contributed by atoms with Gasteiger partial charge in [-0.1, -0.05) is 0 Å². The summed E-state index contributed by atoms with van der Waals surface area (Å²) >= 11 is 1.72. The van der Waals surface area contributed by atoms with Crippen molar-refractivity contribution in [3.8, 4) is 0 Å². The molecule has 1 N–H and O–H groups in total. The van der Waals surface area contributed by atoms with Gasteiger partial charge in [0, 0.05) is 56.1 Å². The van der Waals surface area contributed by atoms with Crippen molar-refractivity contribution in [2.45, 2.75) is 50.9 Å². The summed E-state index contributed by atoms with van der Waals surface area (Å²) in [6.45, 7) is 2.51. The van der Waals surface area contributed by atoms with E-state index in [4.69, 9.17) is 0 Å². The molecule has 0 unspecified atom stereocenters. The quantitative estimate of drug-likeness (QED) is 0.731. The van der Waals surface area contributed by atoms with Crippen LogP contribution in [-0.4, -0.2) is 47.4 Å². The molecule has 0 radical (unpaired) electrons. The van der Waals surface area contributed by atoms with Gasteiger partial charge in [-0.25, -0.2) is 4.98 Å². The number of anilines is 1. The number of carbonyl (C=O) groups is 2. The Labute approximate surface area is 188 Å². The molecule has 10 heteroatoms. The minimum Gasteiger partial charge on any atom is -0.356 e. The van der Waals surface area contributed by atoms with E-state index in [-0.39, 0.29) is 30.7 Å². The number of nitrogens with zero attached hydrogens (tertiary/aromatic N) is 3. The lowest BCUT2D eigenvalue weighted by atomic mass is 10.0. The van der Waals surface area contributed by atoms with Gasteiger partial charge >= 0.3 is 6.18 Å². The van der Waals surface area contributed by atoms with Gasteiger partial charge in [0.25, 0.3) is 0 Å². The summed E-state index contributed by atoms with van der Waals surface area (Å²) in [5.41, 5.74) is 0.437. The van der Waals surface area contributed by atoms with E-state index in [0.717, 1.165) is 18.7 Å². The number of amides is 2. The maximum Gasteiger partial charge on any atom is 0.417 e. The number of carbonyl (C=O) groups excluding carboxylic acids is 2. The molecule has 0 aromatic carbocycles. The molecule has 1 fully saturated rings. The van der Waals surface area contributed by atoms with E-state index < -0.39 is 11.7 Å². The van der Waals surface area contributed by atoms with Gasteiger partial charge in [0.15, 0.2) is 0 Å². The molecule has 2 aliphatic heterocycles. The van der Waals surface area contributed by atoms with Gasteiger partial charge in [-0.05, 0) is 48.4 Å². The SMILES string of the molecule is O=C(CCC(=O)N1CCc2sccc2C1)NC1CCN(c2ccc(C(F)(F)F)cn2)CC1. The number of rotatable bonds is 5. The monoisotopic (exact) mass is 466 g/mol. The van der Waals surface area contributed by atoms with Gasteiger partial charge in [0.2, 0.25) is 11.8 Å². The van der Waals surface area contributed by atoms with Crippen LogP contribution in [0.4, 0.5) is 19.0 Å². The number of fused-ring (bicyclic) bond motifs is 1. The van der Waals surface area contributed by atoms with Crippen LogP contribution in [0.2, 0.25) is 0 Å². The first-order valence-corrected chi connectivity index (χ1v) is 11.6. The number of halogens is 3. The van der Waals surface area contributed by atoms with Crippen molar-refractivity contribution in [3.63, 3.8) is 0 Å². The molecule has 172 valence electrons. The third kappa shape index (κ3) is 5.40. The second kappa shape index (κ2) is 9.48. The Morgan fingerprint density at radius 2 is 1.91 bits per heavy atom. The molecule has 2 aromatic rings. The van der Waals surface area contributed by atoms with Crippen molar-refractivity contribution in [3.05, 3.63) is 45.8 Å². The van der Waals surface area contributed by atoms with Crippen molar-refractivity contribution in [1.82, 2.24) is 15.2 Å². The molecule has 2 aliphatic rings. The Kier molecular flexibility index (Phi) is 6.68. The molecule has 1 saturated heterocycles. The molecule has 0 spiro atoms. The lowest BCUT2D eigenvalue weighted by Crippen LogP contribution is -2.45. The number of alkyl halides is 3. The van der Waals surface area contributed by atoms with E-state index in [9.17, 15) is 22.8 Å². The topological polar surface area (TPSA) is 65.5 Å². The molecular formula is C22H25F3N4O2S. The van der Waals surface area contributed by atoms with E-state index in [2.05, 4.69) is 16.4 Å². The molecule has 4 heterocycles. The standard InChI is InChI=1S/C22H25F3N4O2S/c23-22(24,25)16-1-2-19(26-13-16)28-9-5-17(6-10-28)27-20(30)3-4-21(31)29-11-7-18-15(14-29)8-12-32-18/h1-2,8,12-13,17H,3-7,9-11,14H2,(H,27,30). The lowest BCUT2D eigenvalue weighted by molar-refractivity contribution is -0.137. The molecule has 0 atom stereocenters. The number of pyridine rings is 1. The zero-order valence-electron chi connectivity index (χ0n) is 17.5. The van der Waals surface area contributed by atoms with E-state index >= 15 is 0 Å². The largest absolute Gasteiger partial charge is 0.417 e. The van der Waals surface area contributed by atoms with Crippen LogP contribution in [-0.2, 0) is 28.7 Å². The highest BCUT2D eigenvalue weighted by Gasteiger charge is 2.31. The number of piperidine rings is 1. The maximum absolute atomic E-state index is 12.7. The van der Waals surface area contributed by atoms with Crippen LogP contribution in [0.1, 0.15) is 41.7 Å². The van der Waals surface area contributed by atoms with E-state index in [0.29, 0.717) is 44.8 Å².